The molecule has 0 spiro atoms. The minimum absolute atomic E-state index is 0.135. The van der Waals surface area contributed by atoms with Crippen molar-refractivity contribution >= 4 is 11.5 Å². The number of H-pyrrole nitrogens is 1. The molecule has 17 heavy (non-hydrogen) atoms. The van der Waals surface area contributed by atoms with Crippen molar-refractivity contribution in [3.05, 3.63) is 20.8 Å². The summed E-state index contributed by atoms with van der Waals surface area (Å²) in [6, 6.07) is 0. The van der Waals surface area contributed by atoms with E-state index in [4.69, 9.17) is 12.2 Å². The van der Waals surface area contributed by atoms with Crippen LogP contribution >= 0.6 is 0 Å². The van der Waals surface area contributed by atoms with Gasteiger partial charge in [-0.15, -0.1) is 12.3 Å². The number of nitrogens with zero attached hydrogens (tertiary/aromatic N) is 1. The van der Waals surface area contributed by atoms with Gasteiger partial charge in [-0.2, -0.15) is 0 Å². The Labute approximate surface area is 98.8 Å². The van der Waals surface area contributed by atoms with Gasteiger partial charge < -0.3 is 11.1 Å². The molecule has 0 saturated heterocycles. The number of nitrogen functional groups attached to an aromatic ring is 1. The highest BCUT2D eigenvalue weighted by atomic mass is 16.2. The van der Waals surface area contributed by atoms with E-state index in [0.29, 0.717) is 13.0 Å². The van der Waals surface area contributed by atoms with Crippen LogP contribution in [0.4, 0.5) is 11.5 Å². The largest absolute Gasteiger partial charge is 0.383 e. The summed E-state index contributed by atoms with van der Waals surface area (Å²) in [5.74, 6) is 2.67. The quantitative estimate of drug-likeness (QED) is 0.490. The molecule has 92 valence electrons. The van der Waals surface area contributed by atoms with Crippen LogP contribution in [-0.4, -0.2) is 16.1 Å². The number of rotatable bonds is 5. The van der Waals surface area contributed by atoms with Gasteiger partial charge in [0.25, 0.3) is 5.56 Å². The van der Waals surface area contributed by atoms with Crippen molar-refractivity contribution in [2.45, 2.75) is 19.3 Å². The third kappa shape index (κ3) is 3.14. The highest BCUT2D eigenvalue weighted by Crippen LogP contribution is 2.08. The maximum atomic E-state index is 11.5. The van der Waals surface area contributed by atoms with Gasteiger partial charge in [0.2, 0.25) is 0 Å². The highest BCUT2D eigenvalue weighted by molar-refractivity contribution is 5.60. The Morgan fingerprint density at radius 2 is 2.18 bits per heavy atom. The average molecular weight is 236 g/mol. The number of hydrogen-bond acceptors (Lipinski definition) is 4. The molecular weight excluding hydrogens is 220 g/mol. The molecular formula is C11H16N4O2. The summed E-state index contributed by atoms with van der Waals surface area (Å²) in [6.07, 6.45) is 7.55. The fraction of sp³-hybridized carbons (Fsp3) is 0.455. The molecule has 6 heteroatoms. The first kappa shape index (κ1) is 12.9. The minimum Gasteiger partial charge on any atom is -0.383 e. The van der Waals surface area contributed by atoms with Crippen LogP contribution in [0.1, 0.15) is 19.3 Å². The van der Waals surface area contributed by atoms with Crippen LogP contribution < -0.4 is 22.3 Å². The number of nitrogens with one attached hydrogen (secondary N) is 2. The fourth-order valence-electron chi connectivity index (χ4n) is 1.37. The Hall–Kier alpha value is -2.16. The van der Waals surface area contributed by atoms with Crippen LogP contribution in [0.3, 0.4) is 0 Å². The molecule has 1 aromatic rings. The standard InChI is InChI=1S/C11H16N4O2/c1-3-4-5-6-7-13-8-9(12)15(2)11(17)14-10(8)16/h1,13H,4-7,12H2,2H3,(H,14,16,17). The molecule has 0 fully saturated rings. The van der Waals surface area contributed by atoms with E-state index in [1.165, 1.54) is 11.6 Å². The van der Waals surface area contributed by atoms with Gasteiger partial charge in [0.1, 0.15) is 11.5 Å². The molecule has 1 rings (SSSR count). The normalized spacial score (nSPS) is 9.88. The molecule has 1 aromatic heterocycles. The molecule has 6 nitrogen and oxygen atoms in total. The first-order chi connectivity index (χ1) is 8.07. The molecule has 0 radical (unpaired) electrons. The number of aromatic nitrogens is 2. The lowest BCUT2D eigenvalue weighted by atomic mass is 10.2. The molecule has 0 bridgehead atoms. The zero-order valence-electron chi connectivity index (χ0n) is 9.75. The Balaban J connectivity index is 2.73. The maximum absolute atomic E-state index is 11.5. The summed E-state index contributed by atoms with van der Waals surface area (Å²) in [5, 5.41) is 2.91. The zero-order valence-corrected chi connectivity index (χ0v) is 9.75. The van der Waals surface area contributed by atoms with Gasteiger partial charge >= 0.3 is 5.69 Å². The number of aromatic amines is 1. The summed E-state index contributed by atoms with van der Waals surface area (Å²) in [5.41, 5.74) is 4.88. The molecule has 0 aliphatic carbocycles. The molecule has 1 heterocycles. The van der Waals surface area contributed by atoms with Crippen LogP contribution in [0.5, 0.6) is 0 Å². The lowest BCUT2D eigenvalue weighted by Crippen LogP contribution is -2.32. The van der Waals surface area contributed by atoms with Gasteiger partial charge in [0.05, 0.1) is 0 Å². The number of terminal acetylenes is 1. The van der Waals surface area contributed by atoms with Crippen LogP contribution in [0.2, 0.25) is 0 Å². The maximum Gasteiger partial charge on any atom is 0.329 e. The highest BCUT2D eigenvalue weighted by Gasteiger charge is 2.08. The van der Waals surface area contributed by atoms with Crippen molar-refractivity contribution in [3.8, 4) is 12.3 Å². The Morgan fingerprint density at radius 3 is 2.82 bits per heavy atom. The summed E-state index contributed by atoms with van der Waals surface area (Å²) in [4.78, 5) is 24.9. The number of unbranched alkanes of at least 4 members (excludes halogenated alkanes) is 2. The number of anilines is 2. The second-order valence-corrected chi connectivity index (χ2v) is 3.67. The van der Waals surface area contributed by atoms with Crippen molar-refractivity contribution in [1.29, 1.82) is 0 Å². The van der Waals surface area contributed by atoms with Crippen LogP contribution in [0, 0.1) is 12.3 Å². The van der Waals surface area contributed by atoms with E-state index in [-0.39, 0.29) is 11.5 Å². The molecule has 0 aliphatic rings. The first-order valence-corrected chi connectivity index (χ1v) is 5.34. The van der Waals surface area contributed by atoms with Gasteiger partial charge in [0.15, 0.2) is 0 Å². The molecule has 0 aromatic carbocycles. The molecule has 0 amide bonds. The van der Waals surface area contributed by atoms with E-state index < -0.39 is 11.2 Å². The van der Waals surface area contributed by atoms with Crippen LogP contribution in [-0.2, 0) is 7.05 Å². The molecule has 0 aliphatic heterocycles. The lowest BCUT2D eigenvalue weighted by Gasteiger charge is -2.10. The van der Waals surface area contributed by atoms with E-state index >= 15 is 0 Å². The molecule has 4 N–H and O–H groups in total. The summed E-state index contributed by atoms with van der Waals surface area (Å²) in [6.45, 7) is 0.590. The van der Waals surface area contributed by atoms with Crippen molar-refractivity contribution in [2.24, 2.45) is 7.05 Å². The van der Waals surface area contributed by atoms with Crippen molar-refractivity contribution in [3.63, 3.8) is 0 Å². The van der Waals surface area contributed by atoms with E-state index in [9.17, 15) is 9.59 Å². The van der Waals surface area contributed by atoms with E-state index in [0.717, 1.165) is 12.8 Å². The molecule has 0 saturated carbocycles. The predicted octanol–water partition coefficient (Wildman–Crippen LogP) is -0.129. The monoisotopic (exact) mass is 236 g/mol. The Bertz CT molecular complexity index is 536. The van der Waals surface area contributed by atoms with Crippen molar-refractivity contribution < 1.29 is 0 Å². The number of nitrogens with two attached hydrogens (primary N) is 1. The second-order valence-electron chi connectivity index (χ2n) is 3.67. The summed E-state index contributed by atoms with van der Waals surface area (Å²) >= 11 is 0. The van der Waals surface area contributed by atoms with Gasteiger partial charge in [-0.1, -0.05) is 0 Å². The van der Waals surface area contributed by atoms with Gasteiger partial charge in [-0.3, -0.25) is 14.3 Å². The van der Waals surface area contributed by atoms with Gasteiger partial charge in [-0.05, 0) is 12.8 Å². The van der Waals surface area contributed by atoms with Crippen molar-refractivity contribution in [2.75, 3.05) is 17.6 Å². The Kier molecular flexibility index (Phi) is 4.40. The average Bonchev–Trinajstić information content (AvgIpc) is 2.30. The Morgan fingerprint density at radius 1 is 1.47 bits per heavy atom. The number of hydrogen-bond donors (Lipinski definition) is 3. The molecule has 0 unspecified atom stereocenters. The van der Waals surface area contributed by atoms with Crippen molar-refractivity contribution in [1.82, 2.24) is 9.55 Å². The SMILES string of the molecule is C#CCCCCNc1c(N)n(C)c(=O)[nH]c1=O. The first-order valence-electron chi connectivity index (χ1n) is 5.34. The smallest absolute Gasteiger partial charge is 0.329 e. The zero-order chi connectivity index (χ0) is 12.8. The second kappa shape index (κ2) is 5.80. The third-order valence-corrected chi connectivity index (χ3v) is 2.42. The van der Waals surface area contributed by atoms with Gasteiger partial charge in [-0.25, -0.2) is 4.79 Å². The molecule has 0 atom stereocenters. The predicted molar refractivity (Wildman–Crippen MR) is 67.9 cm³/mol. The summed E-state index contributed by atoms with van der Waals surface area (Å²) in [7, 11) is 1.50. The van der Waals surface area contributed by atoms with E-state index in [2.05, 4.69) is 16.2 Å². The topological polar surface area (TPSA) is 92.9 Å². The van der Waals surface area contributed by atoms with Crippen LogP contribution in [0.25, 0.3) is 0 Å². The fourth-order valence-corrected chi connectivity index (χ4v) is 1.37. The summed E-state index contributed by atoms with van der Waals surface area (Å²) < 4.78 is 1.19. The van der Waals surface area contributed by atoms with Crippen LogP contribution in [0.15, 0.2) is 9.59 Å². The van der Waals surface area contributed by atoms with Gasteiger partial charge in [0, 0.05) is 20.0 Å². The minimum atomic E-state index is -0.523. The van der Waals surface area contributed by atoms with E-state index in [1.54, 1.807) is 0 Å². The third-order valence-electron chi connectivity index (χ3n) is 2.42. The van der Waals surface area contributed by atoms with E-state index in [1.807, 2.05) is 0 Å². The lowest BCUT2D eigenvalue weighted by molar-refractivity contribution is 0.779.